The van der Waals surface area contributed by atoms with Crippen LogP contribution < -0.4 is 10.2 Å². The highest BCUT2D eigenvalue weighted by atomic mass is 32.2. The molecule has 2 aromatic rings. The third-order valence-electron chi connectivity index (χ3n) is 5.72. The molecule has 34 heavy (non-hydrogen) atoms. The smallest absolute Gasteiger partial charge is 0.354 e. The van der Waals surface area contributed by atoms with Gasteiger partial charge in [-0.05, 0) is 58.9 Å². The first-order valence-electron chi connectivity index (χ1n) is 10.5. The largest absolute Gasteiger partial charge is 0.435 e. The summed E-state index contributed by atoms with van der Waals surface area (Å²) < 4.78 is 80.8. The molecule has 1 aromatic carbocycles. The van der Waals surface area contributed by atoms with Gasteiger partial charge in [0.1, 0.15) is 0 Å². The SMILES string of the molecule is CC=[S@](C)(=O)c1cccc(NC(=O)c2c(N3CCCC(F)(F)CC3)nnc(C(F)(F)F)c2C)c1.[HH]. The van der Waals surface area contributed by atoms with Crippen LogP contribution in [0.3, 0.4) is 0 Å². The topological polar surface area (TPSA) is 75.2 Å². The maximum atomic E-state index is 13.8. The molecule has 0 radical (unpaired) electrons. The van der Waals surface area contributed by atoms with Crippen LogP contribution in [-0.2, 0) is 15.7 Å². The van der Waals surface area contributed by atoms with E-state index in [-0.39, 0.29) is 38.9 Å². The zero-order chi connectivity index (χ0) is 25.3. The number of nitrogens with zero attached hydrogens (tertiary/aromatic N) is 3. The van der Waals surface area contributed by atoms with Gasteiger partial charge in [-0.15, -0.1) is 10.2 Å². The van der Waals surface area contributed by atoms with Crippen molar-refractivity contribution in [3.8, 4) is 0 Å². The van der Waals surface area contributed by atoms with Crippen molar-refractivity contribution in [3.05, 3.63) is 41.1 Å². The molecule has 1 aliphatic heterocycles. The van der Waals surface area contributed by atoms with Gasteiger partial charge in [-0.25, -0.2) is 8.78 Å². The number of rotatable bonds is 4. The molecular weight excluding hydrogens is 479 g/mol. The molecule has 0 spiro atoms. The Morgan fingerprint density at radius 2 is 1.94 bits per heavy atom. The zero-order valence-electron chi connectivity index (χ0n) is 18.9. The highest BCUT2D eigenvalue weighted by Crippen LogP contribution is 2.36. The Morgan fingerprint density at radius 1 is 1.24 bits per heavy atom. The van der Waals surface area contributed by atoms with E-state index in [1.165, 1.54) is 28.7 Å². The average molecular weight is 507 g/mol. The lowest BCUT2D eigenvalue weighted by molar-refractivity contribution is -0.142. The maximum absolute atomic E-state index is 13.8. The summed E-state index contributed by atoms with van der Waals surface area (Å²) in [5.41, 5.74) is -1.95. The lowest BCUT2D eigenvalue weighted by Gasteiger charge is -2.25. The summed E-state index contributed by atoms with van der Waals surface area (Å²) in [6, 6.07) is 6.16. The molecule has 2 heterocycles. The summed E-state index contributed by atoms with van der Waals surface area (Å²) in [7, 11) is -2.47. The quantitative estimate of drug-likeness (QED) is 0.466. The normalized spacial score (nSPS) is 18.1. The standard InChI is InChI=1S/C22H25F5N4O2S.H2/c1-4-34(3,33)16-8-5-7-15(13-16)28-20(32)17-14(2)18(22(25,26)27)29-30-19(17)31-11-6-9-21(23,24)10-12-31;/h4-5,7-8,13H,6,9-12H2,1-3H3,(H,28,32);1H/t34-;/m0./s1. The van der Waals surface area contributed by atoms with Crippen LogP contribution in [-0.4, -0.2) is 50.9 Å². The number of alkyl halides is 5. The summed E-state index contributed by atoms with van der Waals surface area (Å²) >= 11 is 0. The molecule has 12 heteroatoms. The molecule has 0 bridgehead atoms. The van der Waals surface area contributed by atoms with Crippen molar-refractivity contribution in [2.75, 3.05) is 29.6 Å². The number of amides is 1. The van der Waals surface area contributed by atoms with E-state index in [1.54, 1.807) is 19.1 Å². The molecule has 1 aliphatic rings. The summed E-state index contributed by atoms with van der Waals surface area (Å²) in [4.78, 5) is 15.0. The second-order valence-electron chi connectivity index (χ2n) is 8.19. The van der Waals surface area contributed by atoms with Gasteiger partial charge in [-0.2, -0.15) is 13.2 Å². The highest BCUT2D eigenvalue weighted by Gasteiger charge is 2.39. The van der Waals surface area contributed by atoms with E-state index in [1.807, 2.05) is 0 Å². The van der Waals surface area contributed by atoms with Gasteiger partial charge in [-0.1, -0.05) is 6.07 Å². The number of anilines is 2. The van der Waals surface area contributed by atoms with Crippen LogP contribution >= 0.6 is 0 Å². The van der Waals surface area contributed by atoms with Crippen molar-refractivity contribution in [3.63, 3.8) is 0 Å². The Labute approximate surface area is 196 Å². The molecule has 1 aromatic heterocycles. The zero-order valence-corrected chi connectivity index (χ0v) is 19.7. The van der Waals surface area contributed by atoms with Crippen LogP contribution in [0.25, 0.3) is 0 Å². The minimum absolute atomic E-state index is 0. The van der Waals surface area contributed by atoms with Crippen LogP contribution in [0.5, 0.6) is 0 Å². The number of aromatic nitrogens is 2. The first kappa shape index (κ1) is 25.9. The molecule has 0 unspecified atom stereocenters. The predicted molar refractivity (Wildman–Crippen MR) is 123 cm³/mol. The van der Waals surface area contributed by atoms with Crippen LogP contribution in [0.2, 0.25) is 0 Å². The fourth-order valence-electron chi connectivity index (χ4n) is 3.70. The summed E-state index contributed by atoms with van der Waals surface area (Å²) in [5, 5.41) is 11.0. The van der Waals surface area contributed by atoms with E-state index in [4.69, 9.17) is 0 Å². The second-order valence-corrected chi connectivity index (χ2v) is 10.9. The van der Waals surface area contributed by atoms with Crippen LogP contribution in [0.4, 0.5) is 33.5 Å². The van der Waals surface area contributed by atoms with E-state index in [0.29, 0.717) is 4.90 Å². The number of halogens is 5. The minimum atomic E-state index is -4.86. The van der Waals surface area contributed by atoms with Crippen molar-refractivity contribution in [2.45, 2.75) is 50.1 Å². The van der Waals surface area contributed by atoms with Gasteiger partial charge in [0.05, 0.1) is 5.56 Å². The summed E-state index contributed by atoms with van der Waals surface area (Å²) in [5.74, 6) is -3.99. The Hall–Kier alpha value is -2.76. The molecular formula is C22H27F5N4O2S. The average Bonchev–Trinajstić information content (AvgIpc) is 2.93. The van der Waals surface area contributed by atoms with Crippen LogP contribution in [0.1, 0.15) is 49.2 Å². The molecule has 1 amide bonds. The van der Waals surface area contributed by atoms with Crippen molar-refractivity contribution in [1.82, 2.24) is 10.2 Å². The molecule has 188 valence electrons. The summed E-state index contributed by atoms with van der Waals surface area (Å²) in [6.45, 7) is 2.64. The second kappa shape index (κ2) is 9.47. The predicted octanol–water partition coefficient (Wildman–Crippen LogP) is 5.02. The van der Waals surface area contributed by atoms with Crippen LogP contribution in [0.15, 0.2) is 29.2 Å². The summed E-state index contributed by atoms with van der Waals surface area (Å²) in [6.07, 6.45) is -4.14. The number of benzene rings is 1. The van der Waals surface area contributed by atoms with E-state index in [0.717, 1.165) is 6.92 Å². The molecule has 0 aliphatic carbocycles. The fourth-order valence-corrected chi connectivity index (χ4v) is 4.68. The van der Waals surface area contributed by atoms with Gasteiger partial charge in [0.25, 0.3) is 5.91 Å². The van der Waals surface area contributed by atoms with Crippen molar-refractivity contribution in [2.24, 2.45) is 0 Å². The van der Waals surface area contributed by atoms with Gasteiger partial charge >= 0.3 is 6.18 Å². The third kappa shape index (κ3) is 5.65. The minimum Gasteiger partial charge on any atom is -0.354 e. The first-order chi connectivity index (χ1) is 15.7. The molecule has 1 fully saturated rings. The van der Waals surface area contributed by atoms with Crippen LogP contribution in [0, 0.1) is 6.92 Å². The first-order valence-corrected chi connectivity index (χ1v) is 12.6. The molecule has 3 rings (SSSR count). The molecule has 1 N–H and O–H groups in total. The van der Waals surface area contributed by atoms with E-state index >= 15 is 0 Å². The monoisotopic (exact) mass is 506 g/mol. The molecule has 1 saturated heterocycles. The van der Waals surface area contributed by atoms with Gasteiger partial charge in [0.2, 0.25) is 5.92 Å². The number of nitrogens with one attached hydrogen (secondary N) is 1. The van der Waals surface area contributed by atoms with E-state index in [9.17, 15) is 31.0 Å². The van der Waals surface area contributed by atoms with Crippen molar-refractivity contribution < 1.29 is 32.4 Å². The van der Waals surface area contributed by atoms with E-state index < -0.39 is 50.8 Å². The van der Waals surface area contributed by atoms with Gasteiger partial charge in [-0.3, -0.25) is 9.00 Å². The Balaban J connectivity index is 0.00000432. The van der Waals surface area contributed by atoms with Gasteiger partial charge in [0.15, 0.2) is 11.5 Å². The Bertz CT molecular complexity index is 1210. The lowest BCUT2D eigenvalue weighted by atomic mass is 10.1. The van der Waals surface area contributed by atoms with Gasteiger partial charge < -0.3 is 10.2 Å². The highest BCUT2D eigenvalue weighted by molar-refractivity contribution is 8.00. The number of hydrogen-bond acceptors (Lipinski definition) is 5. The molecule has 0 saturated carbocycles. The Kier molecular flexibility index (Phi) is 7.20. The number of carbonyl (C=O) groups is 1. The number of hydrogen-bond donors (Lipinski definition) is 1. The van der Waals surface area contributed by atoms with Crippen molar-refractivity contribution >= 4 is 32.3 Å². The number of carbonyl (C=O) groups excluding carboxylic acids is 1. The third-order valence-corrected chi connectivity index (χ3v) is 7.81. The maximum Gasteiger partial charge on any atom is 0.435 e. The Morgan fingerprint density at radius 3 is 2.59 bits per heavy atom. The van der Waals surface area contributed by atoms with E-state index in [2.05, 4.69) is 15.5 Å². The lowest BCUT2D eigenvalue weighted by Crippen LogP contribution is -2.31. The van der Waals surface area contributed by atoms with Gasteiger partial charge in [0, 0.05) is 44.2 Å². The molecule has 6 nitrogen and oxygen atoms in total. The fraction of sp³-hybridized carbons (Fsp3) is 0.455. The molecule has 1 atom stereocenters. The van der Waals surface area contributed by atoms with Crippen molar-refractivity contribution in [1.29, 1.82) is 0 Å².